The molecule has 0 bridgehead atoms. The van der Waals surface area contributed by atoms with E-state index in [0.29, 0.717) is 7.48 Å². The first-order chi connectivity index (χ1) is 16.5. The summed E-state index contributed by atoms with van der Waals surface area (Å²) in [6, 6.07) is 24.8. The van der Waals surface area contributed by atoms with Gasteiger partial charge in [-0.2, -0.15) is 0 Å². The van der Waals surface area contributed by atoms with Gasteiger partial charge in [-0.3, -0.25) is 0 Å². The molecule has 3 rings (SSSR count). The smallest absolute Gasteiger partial charge is 0.309 e. The van der Waals surface area contributed by atoms with Crippen LogP contribution in [0.4, 0.5) is 0 Å². The van der Waals surface area contributed by atoms with Gasteiger partial charge in [0.05, 0.1) is 11.2 Å². The van der Waals surface area contributed by atoms with Crippen molar-refractivity contribution in [3.63, 3.8) is 0 Å². The number of methoxy groups -OCH3 is 1. The summed E-state index contributed by atoms with van der Waals surface area (Å²) in [7, 11) is 2.26. The fourth-order valence-electron chi connectivity index (χ4n) is 4.12. The van der Waals surface area contributed by atoms with Crippen LogP contribution in [0.5, 0.6) is 0 Å². The Kier molecular flexibility index (Phi) is 7.99. The minimum absolute atomic E-state index is 0.133. The van der Waals surface area contributed by atoms with Crippen LogP contribution in [0.1, 0.15) is 80.4 Å². The van der Waals surface area contributed by atoms with Crippen molar-refractivity contribution >= 4 is 12.9 Å². The van der Waals surface area contributed by atoms with Gasteiger partial charge in [0.2, 0.25) is 0 Å². The maximum absolute atomic E-state index is 6.46. The van der Waals surface area contributed by atoms with Crippen molar-refractivity contribution in [1.29, 1.82) is 0 Å². The van der Waals surface area contributed by atoms with Gasteiger partial charge in [-0.05, 0) is 78.0 Å². The molecule has 0 aliphatic rings. The highest BCUT2D eigenvalue weighted by atomic mass is 16.5. The van der Waals surface area contributed by atoms with Crippen LogP contribution >= 0.6 is 0 Å². The van der Waals surface area contributed by atoms with E-state index in [1.165, 1.54) is 33.4 Å². The zero-order chi connectivity index (χ0) is 26.9. The first-order valence-corrected chi connectivity index (χ1v) is 13.1. The Morgan fingerprint density at radius 1 is 0.500 bits per heavy atom. The Morgan fingerprint density at radius 2 is 0.889 bits per heavy atom. The lowest BCUT2D eigenvalue weighted by Gasteiger charge is -2.40. The van der Waals surface area contributed by atoms with E-state index in [-0.39, 0.29) is 10.8 Å². The highest BCUT2D eigenvalue weighted by Gasteiger charge is 2.37. The van der Waals surface area contributed by atoms with Gasteiger partial charge in [0.15, 0.2) is 0 Å². The third kappa shape index (κ3) is 6.49. The van der Waals surface area contributed by atoms with E-state index in [2.05, 4.69) is 136 Å². The Hall–Kier alpha value is -2.36. The molecule has 0 fully saturated rings. The molecule has 3 aromatic rings. The molecule has 36 heavy (non-hydrogen) atoms. The number of rotatable bonds is 7. The van der Waals surface area contributed by atoms with Crippen molar-refractivity contribution in [2.75, 3.05) is 7.11 Å². The molecular weight excluding hydrogens is 439 g/mol. The zero-order valence-electron chi connectivity index (χ0n) is 24.4. The van der Waals surface area contributed by atoms with Gasteiger partial charge in [0.1, 0.15) is 0 Å². The zero-order valence-corrected chi connectivity index (χ0v) is 24.4. The van der Waals surface area contributed by atoms with E-state index < -0.39 is 11.2 Å². The summed E-state index contributed by atoms with van der Waals surface area (Å²) in [6.45, 7) is 21.8. The number of hydrogen-bond donors (Lipinski definition) is 0. The Balaban J connectivity index is 2.03. The summed E-state index contributed by atoms with van der Waals surface area (Å²) in [5, 5.41) is 0. The summed E-state index contributed by atoms with van der Waals surface area (Å²) in [6.07, 6.45) is 0. The van der Waals surface area contributed by atoms with Crippen LogP contribution in [-0.4, -0.2) is 25.8 Å². The van der Waals surface area contributed by atoms with Gasteiger partial charge in [-0.15, -0.1) is 0 Å². The Bertz CT molecular complexity index is 1080. The highest BCUT2D eigenvalue weighted by molar-refractivity contribution is 6.47. The van der Waals surface area contributed by atoms with Crippen LogP contribution < -0.4 is 5.46 Å². The molecule has 0 aromatic heterocycles. The van der Waals surface area contributed by atoms with Crippen LogP contribution in [0.3, 0.4) is 0 Å². The van der Waals surface area contributed by atoms with Crippen molar-refractivity contribution in [1.82, 2.24) is 0 Å². The van der Waals surface area contributed by atoms with Crippen LogP contribution in [0.25, 0.3) is 22.3 Å². The van der Waals surface area contributed by atoms with Crippen LogP contribution in [-0.2, 0) is 20.2 Å². The molecule has 0 saturated heterocycles. The fourth-order valence-corrected chi connectivity index (χ4v) is 4.12. The third-order valence-electron chi connectivity index (χ3n) is 7.72. The topological polar surface area (TPSA) is 18.5 Å². The largest absolute Gasteiger partial charge is 0.427 e. The molecule has 0 spiro atoms. The maximum Gasteiger partial charge on any atom is 0.309 e. The Morgan fingerprint density at radius 3 is 1.22 bits per heavy atom. The maximum atomic E-state index is 6.46. The molecule has 0 aliphatic carbocycles. The van der Waals surface area contributed by atoms with Gasteiger partial charge in [-0.1, -0.05) is 108 Å². The Labute approximate surface area is 220 Å². The lowest BCUT2D eigenvalue weighted by Crippen LogP contribution is -2.50. The number of hydrogen-bond acceptors (Lipinski definition) is 2. The van der Waals surface area contributed by atoms with Crippen LogP contribution in [0.2, 0.25) is 0 Å². The van der Waals surface area contributed by atoms with E-state index in [1.54, 1.807) is 7.11 Å². The molecule has 0 saturated carbocycles. The molecule has 0 aliphatic heterocycles. The van der Waals surface area contributed by atoms with Crippen molar-refractivity contribution in [3.8, 4) is 22.3 Å². The molecule has 0 atom stereocenters. The van der Waals surface area contributed by atoms with Gasteiger partial charge in [-0.25, -0.2) is 0 Å². The third-order valence-corrected chi connectivity index (χ3v) is 7.72. The van der Waals surface area contributed by atoms with Gasteiger partial charge < -0.3 is 9.39 Å². The standard InChI is InChI=1S/C33H45BO2/c1-30(2,3)27-16-12-23(13-17-27)25-20-26(24-14-18-28(19-15-24)31(4,5)6)22-29(21-25)34-36-33(9,10)32(7,8)35-11/h12-22,34H,1-11H3. The molecule has 0 heterocycles. The number of benzene rings is 3. The van der Waals surface area contributed by atoms with E-state index >= 15 is 0 Å². The lowest BCUT2D eigenvalue weighted by atomic mass is 9.79. The minimum atomic E-state index is -0.444. The summed E-state index contributed by atoms with van der Waals surface area (Å²) >= 11 is 0. The lowest BCUT2D eigenvalue weighted by molar-refractivity contribution is -0.114. The second-order valence-electron chi connectivity index (χ2n) is 13.1. The van der Waals surface area contributed by atoms with Crippen molar-refractivity contribution in [2.24, 2.45) is 0 Å². The second kappa shape index (κ2) is 10.2. The average molecular weight is 485 g/mol. The van der Waals surface area contributed by atoms with Gasteiger partial charge in [0.25, 0.3) is 0 Å². The van der Waals surface area contributed by atoms with E-state index in [9.17, 15) is 0 Å². The summed E-state index contributed by atoms with van der Waals surface area (Å²) in [5.74, 6) is 0. The molecule has 3 heteroatoms. The predicted octanol–water partition coefficient (Wildman–Crippen LogP) is 7.81. The molecule has 0 radical (unpaired) electrons. The average Bonchev–Trinajstić information content (AvgIpc) is 2.81. The molecule has 0 unspecified atom stereocenters. The monoisotopic (exact) mass is 484 g/mol. The predicted molar refractivity (Wildman–Crippen MR) is 158 cm³/mol. The normalized spacial score (nSPS) is 13.1. The van der Waals surface area contributed by atoms with Crippen molar-refractivity contribution < 1.29 is 9.39 Å². The fraction of sp³-hybridized carbons (Fsp3) is 0.455. The van der Waals surface area contributed by atoms with E-state index in [0.717, 1.165) is 5.46 Å². The molecule has 192 valence electrons. The summed E-state index contributed by atoms with van der Waals surface area (Å²) in [4.78, 5) is 0. The second-order valence-corrected chi connectivity index (χ2v) is 13.1. The molecule has 0 amide bonds. The van der Waals surface area contributed by atoms with Crippen molar-refractivity contribution in [2.45, 2.75) is 91.3 Å². The summed E-state index contributed by atoms with van der Waals surface area (Å²) < 4.78 is 12.2. The molecule has 0 N–H and O–H groups in total. The SMILES string of the molecule is COC(C)(C)C(C)(C)OBc1cc(-c2ccc(C(C)(C)C)cc2)cc(-c2ccc(C(C)(C)C)cc2)c1. The molecular formula is C33H45BO2. The number of ether oxygens (including phenoxy) is 1. The molecule has 3 aromatic carbocycles. The highest BCUT2D eigenvalue weighted by Crippen LogP contribution is 2.31. The van der Waals surface area contributed by atoms with Crippen LogP contribution in [0.15, 0.2) is 66.7 Å². The van der Waals surface area contributed by atoms with E-state index in [1.807, 2.05) is 0 Å². The van der Waals surface area contributed by atoms with Crippen LogP contribution in [0, 0.1) is 0 Å². The van der Waals surface area contributed by atoms with Crippen molar-refractivity contribution in [3.05, 3.63) is 77.9 Å². The molecule has 2 nitrogen and oxygen atoms in total. The first kappa shape index (κ1) is 28.2. The van der Waals surface area contributed by atoms with E-state index in [4.69, 9.17) is 9.39 Å². The van der Waals surface area contributed by atoms with Gasteiger partial charge >= 0.3 is 7.48 Å². The van der Waals surface area contributed by atoms with Gasteiger partial charge in [0, 0.05) is 7.11 Å². The quantitative estimate of drug-likeness (QED) is 0.319. The summed E-state index contributed by atoms with van der Waals surface area (Å²) in [5.41, 5.74) is 8.09. The first-order valence-electron chi connectivity index (χ1n) is 13.1. The minimum Gasteiger partial charge on any atom is -0.427 e.